The third-order valence-electron chi connectivity index (χ3n) is 3.16. The zero-order valence-electron chi connectivity index (χ0n) is 10.1. The molecule has 0 bridgehead atoms. The normalized spacial score (nSPS) is 10.7. The molecule has 4 heteroatoms. The molecule has 0 aliphatic rings. The van der Waals surface area contributed by atoms with Gasteiger partial charge in [-0.15, -0.1) is 0 Å². The molecule has 0 fully saturated rings. The van der Waals surface area contributed by atoms with Crippen molar-refractivity contribution in [1.82, 2.24) is 9.55 Å². The fraction of sp³-hybridized carbons (Fsp3) is 0.143. The van der Waals surface area contributed by atoms with Crippen molar-refractivity contribution in [2.75, 3.05) is 0 Å². The molecule has 0 amide bonds. The van der Waals surface area contributed by atoms with E-state index in [0.29, 0.717) is 5.69 Å². The van der Waals surface area contributed by atoms with Crippen LogP contribution in [0.25, 0.3) is 22.2 Å². The molecule has 2 heterocycles. The van der Waals surface area contributed by atoms with E-state index in [1.165, 1.54) is 0 Å². The fourth-order valence-electron chi connectivity index (χ4n) is 2.16. The fourth-order valence-corrected chi connectivity index (χ4v) is 2.16. The van der Waals surface area contributed by atoms with Crippen LogP contribution in [0.1, 0.15) is 11.5 Å². The predicted molar refractivity (Wildman–Crippen MR) is 67.9 cm³/mol. The number of rotatable bonds is 1. The Bertz CT molecular complexity index is 774. The van der Waals surface area contributed by atoms with Crippen LogP contribution in [-0.2, 0) is 7.05 Å². The largest absolute Gasteiger partial charge is 0.464 e. The van der Waals surface area contributed by atoms with Crippen LogP contribution in [0.2, 0.25) is 0 Å². The Morgan fingerprint density at radius 3 is 2.89 bits per heavy atom. The van der Waals surface area contributed by atoms with Crippen molar-refractivity contribution in [2.45, 2.75) is 6.92 Å². The number of nitrogens with zero attached hydrogens (tertiary/aromatic N) is 3. The quantitative estimate of drug-likeness (QED) is 0.653. The lowest BCUT2D eigenvalue weighted by atomic mass is 10.1. The van der Waals surface area contributed by atoms with E-state index in [2.05, 4.69) is 11.1 Å². The van der Waals surface area contributed by atoms with Crippen LogP contribution in [0.3, 0.4) is 0 Å². The predicted octanol–water partition coefficient (Wildman–Crippen LogP) is 3.01. The average Bonchev–Trinajstić information content (AvgIpc) is 2.92. The van der Waals surface area contributed by atoms with Crippen LogP contribution in [0.15, 0.2) is 34.9 Å². The number of para-hydroxylation sites is 1. The van der Waals surface area contributed by atoms with Gasteiger partial charge < -0.3 is 8.98 Å². The molecule has 4 nitrogen and oxygen atoms in total. The van der Waals surface area contributed by atoms with Gasteiger partial charge in [0.15, 0.2) is 5.69 Å². The summed E-state index contributed by atoms with van der Waals surface area (Å²) in [5, 5.41) is 10.2. The molecule has 1 aromatic carbocycles. The maximum Gasteiger partial charge on any atom is 0.166 e. The van der Waals surface area contributed by atoms with Gasteiger partial charge in [-0.25, -0.2) is 4.98 Å². The molecule has 3 aromatic rings. The van der Waals surface area contributed by atoms with Gasteiger partial charge in [0.1, 0.15) is 23.7 Å². The first-order valence-corrected chi connectivity index (χ1v) is 5.62. The highest BCUT2D eigenvalue weighted by Gasteiger charge is 2.17. The van der Waals surface area contributed by atoms with E-state index < -0.39 is 0 Å². The Balaban J connectivity index is 2.37. The molecular weight excluding hydrogens is 226 g/mol. The Morgan fingerprint density at radius 2 is 2.11 bits per heavy atom. The van der Waals surface area contributed by atoms with E-state index in [1.54, 1.807) is 6.26 Å². The highest BCUT2D eigenvalue weighted by atomic mass is 16.3. The first-order chi connectivity index (χ1) is 8.72. The van der Waals surface area contributed by atoms with Gasteiger partial charge >= 0.3 is 0 Å². The van der Waals surface area contributed by atoms with Gasteiger partial charge in [-0.05, 0) is 13.0 Å². The topological polar surface area (TPSA) is 54.8 Å². The summed E-state index contributed by atoms with van der Waals surface area (Å²) >= 11 is 0. The second kappa shape index (κ2) is 3.74. The molecule has 0 aliphatic carbocycles. The number of fused-ring (bicyclic) bond motifs is 1. The number of nitriles is 1. The van der Waals surface area contributed by atoms with Crippen molar-refractivity contribution in [3.05, 3.63) is 42.0 Å². The molecule has 88 valence electrons. The number of furan rings is 1. The minimum Gasteiger partial charge on any atom is -0.464 e. The summed E-state index contributed by atoms with van der Waals surface area (Å²) in [5.74, 6) is 0.812. The lowest BCUT2D eigenvalue weighted by Gasteiger charge is -2.01. The zero-order valence-corrected chi connectivity index (χ0v) is 10.1. The molecule has 18 heavy (non-hydrogen) atoms. The Morgan fingerprint density at radius 1 is 1.33 bits per heavy atom. The molecule has 0 saturated carbocycles. The van der Waals surface area contributed by atoms with E-state index in [1.807, 2.05) is 42.8 Å². The van der Waals surface area contributed by atoms with Crippen LogP contribution in [-0.4, -0.2) is 9.55 Å². The van der Waals surface area contributed by atoms with Gasteiger partial charge in [0, 0.05) is 18.0 Å². The third-order valence-corrected chi connectivity index (χ3v) is 3.16. The molecule has 0 saturated heterocycles. The number of aromatic nitrogens is 2. The van der Waals surface area contributed by atoms with Crippen LogP contribution < -0.4 is 0 Å². The number of hydrogen-bond acceptors (Lipinski definition) is 3. The highest BCUT2D eigenvalue weighted by molar-refractivity contribution is 5.94. The van der Waals surface area contributed by atoms with Crippen molar-refractivity contribution in [3.63, 3.8) is 0 Å². The molecule has 2 aromatic heterocycles. The second-order valence-corrected chi connectivity index (χ2v) is 4.17. The summed E-state index contributed by atoms with van der Waals surface area (Å²) in [4.78, 5) is 4.25. The smallest absolute Gasteiger partial charge is 0.166 e. The molecule has 0 unspecified atom stereocenters. The molecule has 0 radical (unpaired) electrons. The lowest BCUT2D eigenvalue weighted by molar-refractivity contribution is 0.616. The van der Waals surface area contributed by atoms with Crippen molar-refractivity contribution in [2.24, 2.45) is 7.05 Å². The van der Waals surface area contributed by atoms with Gasteiger partial charge in [-0.2, -0.15) is 5.26 Å². The standard InChI is InChI=1S/C14H11N3O/c1-9-16-12(7-15)14(17(9)2)11-8-18-13-6-4-3-5-10(11)13/h3-6,8H,1-2H3. The van der Waals surface area contributed by atoms with Crippen LogP contribution >= 0.6 is 0 Å². The van der Waals surface area contributed by atoms with E-state index in [-0.39, 0.29) is 0 Å². The van der Waals surface area contributed by atoms with Crippen LogP contribution in [0.5, 0.6) is 0 Å². The molecule has 0 atom stereocenters. The van der Waals surface area contributed by atoms with Crippen molar-refractivity contribution in [3.8, 4) is 17.3 Å². The average molecular weight is 237 g/mol. The maximum absolute atomic E-state index is 9.17. The van der Waals surface area contributed by atoms with Crippen LogP contribution in [0, 0.1) is 18.3 Å². The Kier molecular flexibility index (Phi) is 2.20. The summed E-state index contributed by atoms with van der Waals surface area (Å²) in [7, 11) is 1.90. The van der Waals surface area contributed by atoms with Gasteiger partial charge in [0.25, 0.3) is 0 Å². The number of hydrogen-bond donors (Lipinski definition) is 0. The molecule has 0 N–H and O–H groups in total. The summed E-state index contributed by atoms with van der Waals surface area (Å²) in [6.07, 6.45) is 1.68. The first kappa shape index (κ1) is 10.6. The van der Waals surface area contributed by atoms with Crippen molar-refractivity contribution in [1.29, 1.82) is 5.26 Å². The van der Waals surface area contributed by atoms with E-state index >= 15 is 0 Å². The monoisotopic (exact) mass is 237 g/mol. The molecular formula is C14H11N3O. The molecule has 3 rings (SSSR count). The highest BCUT2D eigenvalue weighted by Crippen LogP contribution is 2.32. The summed E-state index contributed by atoms with van der Waals surface area (Å²) in [5.41, 5.74) is 2.96. The van der Waals surface area contributed by atoms with E-state index in [9.17, 15) is 5.26 Å². The van der Waals surface area contributed by atoms with Gasteiger partial charge in [0.2, 0.25) is 0 Å². The second-order valence-electron chi connectivity index (χ2n) is 4.17. The third kappa shape index (κ3) is 1.34. The summed E-state index contributed by atoms with van der Waals surface area (Å²) in [6, 6.07) is 9.91. The van der Waals surface area contributed by atoms with Crippen molar-refractivity contribution >= 4 is 11.0 Å². The number of aryl methyl sites for hydroxylation is 1. The van der Waals surface area contributed by atoms with Crippen LogP contribution in [0.4, 0.5) is 0 Å². The minimum absolute atomic E-state index is 0.432. The summed E-state index contributed by atoms with van der Waals surface area (Å²) in [6.45, 7) is 1.88. The Hall–Kier alpha value is -2.54. The maximum atomic E-state index is 9.17. The SMILES string of the molecule is Cc1nc(C#N)c(-c2coc3ccccc23)n1C. The number of benzene rings is 1. The van der Waals surface area contributed by atoms with E-state index in [4.69, 9.17) is 4.42 Å². The molecule has 0 aliphatic heterocycles. The van der Waals surface area contributed by atoms with E-state index in [0.717, 1.165) is 28.1 Å². The molecule has 0 spiro atoms. The first-order valence-electron chi connectivity index (χ1n) is 5.62. The van der Waals surface area contributed by atoms with Gasteiger partial charge in [-0.3, -0.25) is 0 Å². The zero-order chi connectivity index (χ0) is 12.7. The Labute approximate surface area is 104 Å². The lowest BCUT2D eigenvalue weighted by Crippen LogP contribution is -1.94. The van der Waals surface area contributed by atoms with Crippen molar-refractivity contribution < 1.29 is 4.42 Å². The minimum atomic E-state index is 0.432. The number of imidazole rings is 1. The van der Waals surface area contributed by atoms with Gasteiger partial charge in [0.05, 0.1) is 5.69 Å². The summed E-state index contributed by atoms with van der Waals surface area (Å²) < 4.78 is 7.43. The van der Waals surface area contributed by atoms with Gasteiger partial charge in [-0.1, -0.05) is 18.2 Å².